The Labute approximate surface area is 157 Å². The van der Waals surface area contributed by atoms with Crippen molar-refractivity contribution >= 4 is 29.1 Å². The van der Waals surface area contributed by atoms with Crippen molar-refractivity contribution in [3.63, 3.8) is 0 Å². The SMILES string of the molecule is Cc1cc(C)c(NC(=O)c2ccnc(C(=O)N3CCOCC3)c2)c(Cl)c1. The van der Waals surface area contributed by atoms with Crippen LogP contribution in [0.3, 0.4) is 0 Å². The quantitative estimate of drug-likeness (QED) is 0.897. The molecule has 0 radical (unpaired) electrons. The normalized spacial score (nSPS) is 14.2. The highest BCUT2D eigenvalue weighted by Crippen LogP contribution is 2.27. The van der Waals surface area contributed by atoms with Gasteiger partial charge in [0.25, 0.3) is 11.8 Å². The summed E-state index contributed by atoms with van der Waals surface area (Å²) in [5.41, 5.74) is 3.06. The van der Waals surface area contributed by atoms with Crippen molar-refractivity contribution in [3.05, 3.63) is 57.9 Å². The molecule has 1 saturated heterocycles. The van der Waals surface area contributed by atoms with Crippen LogP contribution in [-0.4, -0.2) is 48.0 Å². The lowest BCUT2D eigenvalue weighted by atomic mass is 10.1. The number of carbonyl (C=O) groups is 2. The molecule has 0 unspecified atom stereocenters. The maximum Gasteiger partial charge on any atom is 0.272 e. The third kappa shape index (κ3) is 4.03. The summed E-state index contributed by atoms with van der Waals surface area (Å²) in [5, 5.41) is 3.31. The number of morpholine rings is 1. The first-order valence-corrected chi connectivity index (χ1v) is 8.74. The van der Waals surface area contributed by atoms with Gasteiger partial charge in [0.05, 0.1) is 23.9 Å². The Balaban J connectivity index is 1.79. The number of nitrogens with zero attached hydrogens (tertiary/aromatic N) is 2. The largest absolute Gasteiger partial charge is 0.378 e. The van der Waals surface area contributed by atoms with E-state index in [1.807, 2.05) is 19.9 Å². The van der Waals surface area contributed by atoms with Crippen LogP contribution in [0.4, 0.5) is 5.69 Å². The van der Waals surface area contributed by atoms with Crippen molar-refractivity contribution in [1.29, 1.82) is 0 Å². The first-order chi connectivity index (χ1) is 12.5. The molecular weight excluding hydrogens is 354 g/mol. The summed E-state index contributed by atoms with van der Waals surface area (Å²) in [6.45, 7) is 5.89. The molecule has 1 aliphatic rings. The predicted octanol–water partition coefficient (Wildman–Crippen LogP) is 3.08. The van der Waals surface area contributed by atoms with Gasteiger partial charge in [-0.05, 0) is 43.2 Å². The van der Waals surface area contributed by atoms with Crippen LogP contribution in [0.15, 0.2) is 30.5 Å². The summed E-state index contributed by atoms with van der Waals surface area (Å²) in [5.74, 6) is -0.537. The number of hydrogen-bond donors (Lipinski definition) is 1. The number of anilines is 1. The van der Waals surface area contributed by atoms with E-state index in [9.17, 15) is 9.59 Å². The maximum absolute atomic E-state index is 12.6. The molecule has 0 atom stereocenters. The van der Waals surface area contributed by atoms with Crippen molar-refractivity contribution in [1.82, 2.24) is 9.88 Å². The van der Waals surface area contributed by atoms with Gasteiger partial charge in [-0.1, -0.05) is 17.7 Å². The lowest BCUT2D eigenvalue weighted by Gasteiger charge is -2.26. The van der Waals surface area contributed by atoms with Crippen LogP contribution in [0.1, 0.15) is 32.0 Å². The second kappa shape index (κ2) is 7.85. The fourth-order valence-corrected chi connectivity index (χ4v) is 3.25. The standard InChI is InChI=1S/C19H20ClN3O3/c1-12-9-13(2)17(15(20)10-12)22-18(24)14-3-4-21-16(11-14)19(25)23-5-7-26-8-6-23/h3-4,9-11H,5-8H2,1-2H3,(H,22,24). The van der Waals surface area contributed by atoms with Gasteiger partial charge in [0.1, 0.15) is 5.69 Å². The predicted molar refractivity (Wildman–Crippen MR) is 99.8 cm³/mol. The number of halogens is 1. The molecule has 0 spiro atoms. The average Bonchev–Trinajstić information content (AvgIpc) is 2.64. The molecule has 0 saturated carbocycles. The number of carbonyl (C=O) groups excluding carboxylic acids is 2. The molecular formula is C19H20ClN3O3. The zero-order valence-electron chi connectivity index (χ0n) is 14.7. The highest BCUT2D eigenvalue weighted by Gasteiger charge is 2.21. The summed E-state index contributed by atoms with van der Waals surface area (Å²) in [6.07, 6.45) is 1.46. The summed E-state index contributed by atoms with van der Waals surface area (Å²) in [4.78, 5) is 30.9. The van der Waals surface area contributed by atoms with E-state index >= 15 is 0 Å². The number of nitrogens with one attached hydrogen (secondary N) is 1. The minimum Gasteiger partial charge on any atom is -0.378 e. The van der Waals surface area contributed by atoms with E-state index in [-0.39, 0.29) is 17.5 Å². The third-order valence-corrected chi connectivity index (χ3v) is 4.51. The second-order valence-electron chi connectivity index (χ2n) is 6.23. The van der Waals surface area contributed by atoms with Gasteiger partial charge in [-0.2, -0.15) is 0 Å². The van der Waals surface area contributed by atoms with E-state index in [2.05, 4.69) is 10.3 Å². The van der Waals surface area contributed by atoms with Gasteiger partial charge in [-0.3, -0.25) is 14.6 Å². The molecule has 2 amide bonds. The van der Waals surface area contributed by atoms with Gasteiger partial charge in [-0.25, -0.2) is 0 Å². The topological polar surface area (TPSA) is 71.5 Å². The molecule has 2 heterocycles. The Morgan fingerprint density at radius 2 is 1.92 bits per heavy atom. The van der Waals surface area contributed by atoms with Gasteiger partial charge >= 0.3 is 0 Å². The van der Waals surface area contributed by atoms with Crippen LogP contribution in [0.5, 0.6) is 0 Å². The van der Waals surface area contributed by atoms with E-state index < -0.39 is 0 Å². The Morgan fingerprint density at radius 3 is 2.62 bits per heavy atom. The Bertz CT molecular complexity index is 825. The molecule has 2 aromatic rings. The van der Waals surface area contributed by atoms with Crippen LogP contribution >= 0.6 is 11.6 Å². The van der Waals surface area contributed by atoms with E-state index in [0.29, 0.717) is 42.6 Å². The van der Waals surface area contributed by atoms with Gasteiger partial charge in [0.2, 0.25) is 0 Å². The lowest BCUT2D eigenvalue weighted by molar-refractivity contribution is 0.0299. The van der Waals surface area contributed by atoms with Crippen LogP contribution in [-0.2, 0) is 4.74 Å². The number of benzene rings is 1. The number of rotatable bonds is 3. The number of aromatic nitrogens is 1. The monoisotopic (exact) mass is 373 g/mol. The Kier molecular flexibility index (Phi) is 5.54. The van der Waals surface area contributed by atoms with Crippen LogP contribution < -0.4 is 5.32 Å². The molecule has 1 N–H and O–H groups in total. The molecule has 0 bridgehead atoms. The highest BCUT2D eigenvalue weighted by atomic mass is 35.5. The highest BCUT2D eigenvalue weighted by molar-refractivity contribution is 6.34. The van der Waals surface area contributed by atoms with Crippen molar-refractivity contribution in [2.24, 2.45) is 0 Å². The fourth-order valence-electron chi connectivity index (χ4n) is 2.88. The van der Waals surface area contributed by atoms with E-state index in [4.69, 9.17) is 16.3 Å². The fraction of sp³-hybridized carbons (Fsp3) is 0.316. The van der Waals surface area contributed by atoms with E-state index in [1.54, 1.807) is 17.0 Å². The second-order valence-corrected chi connectivity index (χ2v) is 6.63. The maximum atomic E-state index is 12.6. The molecule has 7 heteroatoms. The van der Waals surface area contributed by atoms with Gasteiger partial charge in [-0.15, -0.1) is 0 Å². The van der Waals surface area contributed by atoms with Crippen molar-refractivity contribution in [2.75, 3.05) is 31.6 Å². The summed E-state index contributed by atoms with van der Waals surface area (Å²) >= 11 is 6.25. The molecule has 136 valence electrons. The first-order valence-electron chi connectivity index (χ1n) is 8.37. The van der Waals surface area contributed by atoms with Crippen molar-refractivity contribution in [3.8, 4) is 0 Å². The molecule has 1 fully saturated rings. The number of ether oxygens (including phenoxy) is 1. The van der Waals surface area contributed by atoms with Crippen molar-refractivity contribution in [2.45, 2.75) is 13.8 Å². The van der Waals surface area contributed by atoms with Gasteiger partial charge in [0.15, 0.2) is 0 Å². The van der Waals surface area contributed by atoms with Crippen LogP contribution in [0, 0.1) is 13.8 Å². The van der Waals surface area contributed by atoms with E-state index in [0.717, 1.165) is 11.1 Å². The summed E-state index contributed by atoms with van der Waals surface area (Å²) in [7, 11) is 0. The molecule has 1 aromatic carbocycles. The van der Waals surface area contributed by atoms with E-state index in [1.165, 1.54) is 12.3 Å². The minimum atomic E-state index is -0.336. The molecule has 1 aliphatic heterocycles. The minimum absolute atomic E-state index is 0.201. The Morgan fingerprint density at radius 1 is 1.19 bits per heavy atom. The first kappa shape index (κ1) is 18.4. The summed E-state index contributed by atoms with van der Waals surface area (Å²) < 4.78 is 5.25. The number of hydrogen-bond acceptors (Lipinski definition) is 4. The van der Waals surface area contributed by atoms with Crippen LogP contribution in [0.25, 0.3) is 0 Å². The van der Waals surface area contributed by atoms with Gasteiger partial charge < -0.3 is 15.0 Å². The molecule has 1 aromatic heterocycles. The number of aryl methyl sites for hydroxylation is 2. The molecule has 0 aliphatic carbocycles. The van der Waals surface area contributed by atoms with Crippen molar-refractivity contribution < 1.29 is 14.3 Å². The molecule has 26 heavy (non-hydrogen) atoms. The number of pyridine rings is 1. The molecule has 3 rings (SSSR count). The third-order valence-electron chi connectivity index (χ3n) is 4.21. The smallest absolute Gasteiger partial charge is 0.272 e. The number of amides is 2. The summed E-state index contributed by atoms with van der Waals surface area (Å²) in [6, 6.07) is 6.82. The Hall–Kier alpha value is -2.44. The van der Waals surface area contributed by atoms with Crippen LogP contribution in [0.2, 0.25) is 5.02 Å². The average molecular weight is 374 g/mol. The zero-order valence-corrected chi connectivity index (χ0v) is 15.5. The van der Waals surface area contributed by atoms with Gasteiger partial charge in [0, 0.05) is 24.8 Å². The molecule has 6 nitrogen and oxygen atoms in total. The zero-order chi connectivity index (χ0) is 18.7. The lowest BCUT2D eigenvalue weighted by Crippen LogP contribution is -2.41.